The summed E-state index contributed by atoms with van der Waals surface area (Å²) in [4.78, 5) is 10.6. The average molecular weight is 172 g/mol. The lowest BCUT2D eigenvalue weighted by Gasteiger charge is -2.35. The van der Waals surface area contributed by atoms with Crippen LogP contribution in [-0.2, 0) is 4.79 Å². The van der Waals surface area contributed by atoms with Crippen LogP contribution < -0.4 is 0 Å². The smallest absolute Gasteiger partial charge is 0.309 e. The van der Waals surface area contributed by atoms with E-state index >= 15 is 0 Å². The van der Waals surface area contributed by atoms with E-state index in [4.69, 9.17) is 5.11 Å². The van der Waals surface area contributed by atoms with E-state index in [2.05, 4.69) is 0 Å². The van der Waals surface area contributed by atoms with E-state index in [1.54, 1.807) is 6.92 Å². The van der Waals surface area contributed by atoms with Crippen molar-refractivity contribution < 1.29 is 15.0 Å². The Morgan fingerprint density at radius 1 is 1.33 bits per heavy atom. The third-order valence-corrected chi connectivity index (χ3v) is 2.90. The molecule has 0 aliphatic heterocycles. The summed E-state index contributed by atoms with van der Waals surface area (Å²) in [5, 5.41) is 18.7. The van der Waals surface area contributed by atoms with E-state index < -0.39 is 17.5 Å². The SMILES string of the molecule is C[C@@H](C(=O)O)C1(O)CCCCC1. The Hall–Kier alpha value is -0.570. The molecule has 1 saturated carbocycles. The molecule has 0 aromatic carbocycles. The van der Waals surface area contributed by atoms with Gasteiger partial charge in [0, 0.05) is 0 Å². The molecular weight excluding hydrogens is 156 g/mol. The predicted octanol–water partition coefficient (Wildman–Crippen LogP) is 1.40. The van der Waals surface area contributed by atoms with Gasteiger partial charge in [-0.2, -0.15) is 0 Å². The van der Waals surface area contributed by atoms with Crippen molar-refractivity contribution in [1.29, 1.82) is 0 Å². The molecule has 0 amide bonds. The van der Waals surface area contributed by atoms with Gasteiger partial charge in [0.2, 0.25) is 0 Å². The number of aliphatic hydroxyl groups is 1. The van der Waals surface area contributed by atoms with Gasteiger partial charge >= 0.3 is 5.97 Å². The minimum absolute atomic E-state index is 0.627. The molecule has 3 heteroatoms. The topological polar surface area (TPSA) is 57.5 Å². The maximum atomic E-state index is 10.6. The molecule has 12 heavy (non-hydrogen) atoms. The zero-order valence-corrected chi connectivity index (χ0v) is 7.42. The largest absolute Gasteiger partial charge is 0.481 e. The van der Waals surface area contributed by atoms with Gasteiger partial charge in [0.25, 0.3) is 0 Å². The normalized spacial score (nSPS) is 24.8. The summed E-state index contributed by atoms with van der Waals surface area (Å²) < 4.78 is 0. The zero-order chi connectivity index (χ0) is 9.19. The van der Waals surface area contributed by atoms with Crippen LogP contribution in [0.5, 0.6) is 0 Å². The Morgan fingerprint density at radius 3 is 2.25 bits per heavy atom. The van der Waals surface area contributed by atoms with E-state index in [9.17, 15) is 9.90 Å². The van der Waals surface area contributed by atoms with Crippen LogP contribution in [0.2, 0.25) is 0 Å². The number of aliphatic carboxylic acids is 1. The Kier molecular flexibility index (Phi) is 2.73. The standard InChI is InChI=1S/C9H16O3/c1-7(8(10)11)9(12)5-3-2-4-6-9/h7,12H,2-6H2,1H3,(H,10,11)/t7-/m0/s1. The lowest BCUT2D eigenvalue weighted by Crippen LogP contribution is -2.42. The van der Waals surface area contributed by atoms with Crippen molar-refractivity contribution in [1.82, 2.24) is 0 Å². The maximum Gasteiger partial charge on any atom is 0.309 e. The molecule has 0 spiro atoms. The van der Waals surface area contributed by atoms with E-state index in [1.165, 1.54) is 0 Å². The van der Waals surface area contributed by atoms with E-state index in [0.717, 1.165) is 19.3 Å². The minimum Gasteiger partial charge on any atom is -0.481 e. The van der Waals surface area contributed by atoms with Gasteiger partial charge < -0.3 is 10.2 Å². The Morgan fingerprint density at radius 2 is 1.83 bits per heavy atom. The summed E-state index contributed by atoms with van der Waals surface area (Å²) in [6.45, 7) is 1.59. The van der Waals surface area contributed by atoms with Crippen LogP contribution in [0.4, 0.5) is 0 Å². The number of rotatable bonds is 2. The first kappa shape index (κ1) is 9.52. The number of carboxylic acids is 1. The van der Waals surface area contributed by atoms with Crippen LogP contribution in [0, 0.1) is 5.92 Å². The summed E-state index contributed by atoms with van der Waals surface area (Å²) in [5.41, 5.74) is -0.940. The average Bonchev–Trinajstić information content (AvgIpc) is 2.04. The lowest BCUT2D eigenvalue weighted by molar-refractivity contribution is -0.153. The molecule has 3 nitrogen and oxygen atoms in total. The molecule has 0 aromatic heterocycles. The van der Waals surface area contributed by atoms with Gasteiger partial charge in [-0.15, -0.1) is 0 Å². The molecule has 0 saturated heterocycles. The highest BCUT2D eigenvalue weighted by atomic mass is 16.4. The number of carboxylic acid groups (broad SMARTS) is 1. The van der Waals surface area contributed by atoms with Crippen LogP contribution in [0.15, 0.2) is 0 Å². The zero-order valence-electron chi connectivity index (χ0n) is 7.42. The molecule has 2 N–H and O–H groups in total. The van der Waals surface area contributed by atoms with Gasteiger partial charge in [0.05, 0.1) is 11.5 Å². The van der Waals surface area contributed by atoms with Gasteiger partial charge in [-0.3, -0.25) is 4.79 Å². The molecule has 0 unspecified atom stereocenters. The number of carbonyl (C=O) groups is 1. The molecule has 1 rings (SSSR count). The molecule has 0 radical (unpaired) electrons. The van der Waals surface area contributed by atoms with Crippen molar-refractivity contribution in [2.24, 2.45) is 5.92 Å². The summed E-state index contributed by atoms with van der Waals surface area (Å²) in [6, 6.07) is 0. The molecule has 1 aliphatic carbocycles. The highest BCUT2D eigenvalue weighted by Crippen LogP contribution is 2.34. The molecule has 1 atom stereocenters. The summed E-state index contributed by atoms with van der Waals surface area (Å²) in [5.74, 6) is -1.52. The third kappa shape index (κ3) is 1.78. The van der Waals surface area contributed by atoms with Gasteiger partial charge in [-0.05, 0) is 19.8 Å². The summed E-state index contributed by atoms with van der Waals surface area (Å²) in [6.07, 6.45) is 4.30. The van der Waals surface area contributed by atoms with Crippen molar-refractivity contribution in [3.05, 3.63) is 0 Å². The molecule has 1 fully saturated rings. The monoisotopic (exact) mass is 172 g/mol. The highest BCUT2D eigenvalue weighted by Gasteiger charge is 2.38. The minimum atomic E-state index is -0.940. The fourth-order valence-electron chi connectivity index (χ4n) is 1.83. The molecule has 0 bridgehead atoms. The molecular formula is C9H16O3. The predicted molar refractivity (Wildman–Crippen MR) is 44.8 cm³/mol. The fraction of sp³-hybridized carbons (Fsp3) is 0.889. The van der Waals surface area contributed by atoms with E-state index in [-0.39, 0.29) is 0 Å². The Labute approximate surface area is 72.4 Å². The van der Waals surface area contributed by atoms with Gasteiger partial charge in [-0.1, -0.05) is 19.3 Å². The molecule has 1 aliphatic rings. The van der Waals surface area contributed by atoms with Gasteiger partial charge in [0.15, 0.2) is 0 Å². The maximum absolute atomic E-state index is 10.6. The fourth-order valence-corrected chi connectivity index (χ4v) is 1.83. The van der Waals surface area contributed by atoms with Gasteiger partial charge in [0.1, 0.15) is 0 Å². The summed E-state index contributed by atoms with van der Waals surface area (Å²) >= 11 is 0. The first-order chi connectivity index (χ1) is 5.56. The van der Waals surface area contributed by atoms with E-state index in [1.807, 2.05) is 0 Å². The second-order valence-electron chi connectivity index (χ2n) is 3.72. The summed E-state index contributed by atoms with van der Waals surface area (Å²) in [7, 11) is 0. The Balaban J connectivity index is 2.62. The highest BCUT2D eigenvalue weighted by molar-refractivity contribution is 5.71. The molecule has 0 aromatic rings. The molecule has 70 valence electrons. The van der Waals surface area contributed by atoms with Crippen molar-refractivity contribution >= 4 is 5.97 Å². The van der Waals surface area contributed by atoms with Crippen molar-refractivity contribution in [2.45, 2.75) is 44.6 Å². The lowest BCUT2D eigenvalue weighted by atomic mass is 9.76. The van der Waals surface area contributed by atoms with Crippen LogP contribution >= 0.6 is 0 Å². The van der Waals surface area contributed by atoms with Crippen LogP contribution in [0.3, 0.4) is 0 Å². The number of hydrogen-bond acceptors (Lipinski definition) is 2. The van der Waals surface area contributed by atoms with Crippen LogP contribution in [0.25, 0.3) is 0 Å². The van der Waals surface area contributed by atoms with Crippen molar-refractivity contribution in [2.75, 3.05) is 0 Å². The van der Waals surface area contributed by atoms with E-state index in [0.29, 0.717) is 12.8 Å². The van der Waals surface area contributed by atoms with Gasteiger partial charge in [-0.25, -0.2) is 0 Å². The van der Waals surface area contributed by atoms with Crippen molar-refractivity contribution in [3.8, 4) is 0 Å². The second-order valence-corrected chi connectivity index (χ2v) is 3.72. The second kappa shape index (κ2) is 3.44. The van der Waals surface area contributed by atoms with Crippen molar-refractivity contribution in [3.63, 3.8) is 0 Å². The third-order valence-electron chi connectivity index (χ3n) is 2.90. The Bertz CT molecular complexity index is 171. The molecule has 0 heterocycles. The quantitative estimate of drug-likeness (QED) is 0.662. The van der Waals surface area contributed by atoms with Crippen LogP contribution in [0.1, 0.15) is 39.0 Å². The first-order valence-electron chi connectivity index (χ1n) is 4.51. The number of hydrogen-bond donors (Lipinski definition) is 2. The first-order valence-corrected chi connectivity index (χ1v) is 4.51. The van der Waals surface area contributed by atoms with Crippen LogP contribution in [-0.4, -0.2) is 21.8 Å².